The number of halogens is 5. The van der Waals surface area contributed by atoms with Gasteiger partial charge in [0, 0.05) is 5.56 Å². The molecule has 0 saturated heterocycles. The first-order valence-electron chi connectivity index (χ1n) is 13.2. The average molecular weight is 610 g/mol. The molecule has 0 fully saturated rings. The molecule has 2 aromatic heterocycles. The molecule has 2 heterocycles. The highest BCUT2D eigenvalue weighted by molar-refractivity contribution is 6.16. The van der Waals surface area contributed by atoms with Crippen LogP contribution in [-0.4, -0.2) is 22.3 Å². The molecule has 0 radical (unpaired) electrons. The number of nitrogens with one attached hydrogen (secondary N) is 2. The Hall–Kier alpha value is -5.33. The summed E-state index contributed by atoms with van der Waals surface area (Å²) in [5, 5.41) is 11.4. The second-order valence-corrected chi connectivity index (χ2v) is 9.66. The van der Waals surface area contributed by atoms with Crippen molar-refractivity contribution in [1.29, 1.82) is 5.41 Å². The highest BCUT2D eigenvalue weighted by atomic mass is 19.4. The van der Waals surface area contributed by atoms with Crippen LogP contribution in [0.5, 0.6) is 5.75 Å². The molecule has 13 heteroatoms. The molecule has 0 saturated carbocycles. The molecule has 5 aromatic rings. The monoisotopic (exact) mass is 609 g/mol. The van der Waals surface area contributed by atoms with Crippen LogP contribution in [0.3, 0.4) is 0 Å². The van der Waals surface area contributed by atoms with Gasteiger partial charge in [-0.3, -0.25) is 10.2 Å². The maximum Gasteiger partial charge on any atom is 0.419 e. The lowest BCUT2D eigenvalue weighted by atomic mass is 9.98. The lowest BCUT2D eigenvalue weighted by molar-refractivity contribution is -0.138. The lowest BCUT2D eigenvalue weighted by Crippen LogP contribution is -2.19. The number of aromatic nitrogens is 2. The van der Waals surface area contributed by atoms with Crippen LogP contribution in [-0.2, 0) is 6.18 Å². The summed E-state index contributed by atoms with van der Waals surface area (Å²) in [5.41, 5.74) is 3.49. The van der Waals surface area contributed by atoms with Gasteiger partial charge in [0.25, 0.3) is 0 Å². The van der Waals surface area contributed by atoms with Gasteiger partial charge >= 0.3 is 6.18 Å². The predicted octanol–water partition coefficient (Wildman–Crippen LogP) is 7.12. The van der Waals surface area contributed by atoms with Gasteiger partial charge in [-0.1, -0.05) is 18.2 Å². The van der Waals surface area contributed by atoms with E-state index in [-0.39, 0.29) is 57.2 Å². The fraction of sp³-hybridized carbons (Fsp3) is 0.161. The SMILES string of the molecule is CCOc1ccc(C(=N)c2c(N)ncnc2NC(C)c2oc3cccc(F)c3c(=O)c2-c2cccc(F)c2)cc1C(F)(F)F. The number of ether oxygens (including phenoxy) is 1. The number of hydrogen-bond donors (Lipinski definition) is 3. The Bertz CT molecular complexity index is 1960. The fourth-order valence-corrected chi connectivity index (χ4v) is 4.80. The Morgan fingerprint density at radius 3 is 2.55 bits per heavy atom. The highest BCUT2D eigenvalue weighted by Crippen LogP contribution is 2.38. The van der Waals surface area contributed by atoms with Crippen LogP contribution in [0.1, 0.15) is 42.3 Å². The van der Waals surface area contributed by atoms with E-state index in [1.807, 2.05) is 0 Å². The van der Waals surface area contributed by atoms with E-state index >= 15 is 0 Å². The Balaban J connectivity index is 1.62. The maximum atomic E-state index is 14.7. The molecule has 226 valence electrons. The van der Waals surface area contributed by atoms with Gasteiger partial charge < -0.3 is 20.2 Å². The highest BCUT2D eigenvalue weighted by Gasteiger charge is 2.35. The number of fused-ring (bicyclic) bond motifs is 1. The first-order chi connectivity index (χ1) is 20.9. The van der Waals surface area contributed by atoms with Crippen LogP contribution >= 0.6 is 0 Å². The summed E-state index contributed by atoms with van der Waals surface area (Å²) in [4.78, 5) is 21.7. The summed E-state index contributed by atoms with van der Waals surface area (Å²) >= 11 is 0. The summed E-state index contributed by atoms with van der Waals surface area (Å²) in [7, 11) is 0. The maximum absolute atomic E-state index is 14.7. The van der Waals surface area contributed by atoms with Gasteiger partial charge in [-0.25, -0.2) is 18.7 Å². The molecule has 8 nitrogen and oxygen atoms in total. The molecule has 0 aliphatic heterocycles. The van der Waals surface area contributed by atoms with Crippen molar-refractivity contribution in [2.24, 2.45) is 0 Å². The van der Waals surface area contributed by atoms with E-state index in [9.17, 15) is 26.7 Å². The molecule has 3 aromatic carbocycles. The number of rotatable bonds is 8. The second-order valence-electron chi connectivity index (χ2n) is 9.66. The minimum Gasteiger partial charge on any atom is -0.493 e. The number of alkyl halides is 3. The number of benzene rings is 3. The van der Waals surface area contributed by atoms with Crippen molar-refractivity contribution in [2.45, 2.75) is 26.1 Å². The minimum absolute atomic E-state index is 0.000451. The molecule has 1 atom stereocenters. The van der Waals surface area contributed by atoms with Gasteiger partial charge in [0.2, 0.25) is 5.43 Å². The molecule has 5 rings (SSSR count). The van der Waals surface area contributed by atoms with Gasteiger partial charge in [0.1, 0.15) is 52.1 Å². The lowest BCUT2D eigenvalue weighted by Gasteiger charge is -2.21. The van der Waals surface area contributed by atoms with Gasteiger partial charge in [-0.2, -0.15) is 13.2 Å². The molecule has 0 bridgehead atoms. The quantitative estimate of drug-likeness (QED) is 0.126. The number of nitrogen functional groups attached to an aromatic ring is 1. The van der Waals surface area contributed by atoms with E-state index in [1.165, 1.54) is 36.4 Å². The van der Waals surface area contributed by atoms with Gasteiger partial charge in [-0.05, 0) is 61.9 Å². The van der Waals surface area contributed by atoms with E-state index < -0.39 is 46.3 Å². The van der Waals surface area contributed by atoms with Crippen molar-refractivity contribution in [3.05, 3.63) is 111 Å². The van der Waals surface area contributed by atoms with Crippen LogP contribution in [0.25, 0.3) is 22.1 Å². The smallest absolute Gasteiger partial charge is 0.419 e. The van der Waals surface area contributed by atoms with E-state index in [0.717, 1.165) is 30.6 Å². The first kappa shape index (κ1) is 30.1. The standard InChI is InChI=1S/C31H24F5N5O3/c1-3-43-21-11-10-17(13-19(21)31(34,35)36)26(37)25-29(38)39-14-40-30(25)41-15(2)28-23(16-6-4-7-18(32)12-16)27(42)24-20(33)8-5-9-22(24)44-28/h4-15,37H,3H2,1-2H3,(H3,38,39,40,41). The van der Waals surface area contributed by atoms with Crippen molar-refractivity contribution < 1.29 is 31.1 Å². The molecule has 0 aliphatic carbocycles. The topological polar surface area (TPSA) is 127 Å². The summed E-state index contributed by atoms with van der Waals surface area (Å²) in [6.07, 6.45) is -3.69. The van der Waals surface area contributed by atoms with E-state index in [1.54, 1.807) is 13.8 Å². The van der Waals surface area contributed by atoms with Crippen LogP contribution in [0.4, 0.5) is 33.6 Å². The molecular formula is C31H24F5N5O3. The normalized spacial score (nSPS) is 12.2. The largest absolute Gasteiger partial charge is 0.493 e. The number of hydrogen-bond acceptors (Lipinski definition) is 8. The van der Waals surface area contributed by atoms with Crippen LogP contribution in [0, 0.1) is 17.0 Å². The zero-order chi connectivity index (χ0) is 31.8. The minimum atomic E-state index is -4.77. The Kier molecular flexibility index (Phi) is 8.05. The molecule has 4 N–H and O–H groups in total. The molecule has 1 unspecified atom stereocenters. The number of nitrogens with zero attached hydrogens (tertiary/aromatic N) is 2. The van der Waals surface area contributed by atoms with E-state index in [2.05, 4.69) is 15.3 Å². The van der Waals surface area contributed by atoms with Gasteiger partial charge in [0.15, 0.2) is 0 Å². The molecular weight excluding hydrogens is 585 g/mol. The van der Waals surface area contributed by atoms with Crippen molar-refractivity contribution in [2.75, 3.05) is 17.7 Å². The summed E-state index contributed by atoms with van der Waals surface area (Å²) in [6.45, 7) is 3.11. The fourth-order valence-electron chi connectivity index (χ4n) is 4.80. The van der Waals surface area contributed by atoms with Crippen LogP contribution < -0.4 is 21.2 Å². The van der Waals surface area contributed by atoms with Crippen LogP contribution in [0.15, 0.2) is 76.2 Å². The van der Waals surface area contributed by atoms with Crippen molar-refractivity contribution in [3.63, 3.8) is 0 Å². The van der Waals surface area contributed by atoms with E-state index in [0.29, 0.717) is 0 Å². The molecule has 0 amide bonds. The number of nitrogens with two attached hydrogens (primary N) is 1. The zero-order valence-electron chi connectivity index (χ0n) is 23.2. The third-order valence-electron chi connectivity index (χ3n) is 6.76. The van der Waals surface area contributed by atoms with Crippen molar-refractivity contribution in [1.82, 2.24) is 9.97 Å². The Morgan fingerprint density at radius 2 is 1.84 bits per heavy atom. The molecule has 0 spiro atoms. The first-order valence-corrected chi connectivity index (χ1v) is 13.2. The molecule has 0 aliphatic rings. The van der Waals surface area contributed by atoms with Crippen molar-refractivity contribution >= 4 is 28.3 Å². The van der Waals surface area contributed by atoms with Crippen LogP contribution in [0.2, 0.25) is 0 Å². The van der Waals surface area contributed by atoms with Crippen molar-refractivity contribution in [3.8, 4) is 16.9 Å². The third kappa shape index (κ3) is 5.68. The second kappa shape index (κ2) is 11.7. The predicted molar refractivity (Wildman–Crippen MR) is 155 cm³/mol. The Labute approximate surface area is 246 Å². The Morgan fingerprint density at radius 1 is 1.09 bits per heavy atom. The van der Waals surface area contributed by atoms with Gasteiger partial charge in [0.05, 0.1) is 35.1 Å². The average Bonchev–Trinajstić information content (AvgIpc) is 2.96. The third-order valence-corrected chi connectivity index (χ3v) is 6.76. The number of anilines is 2. The zero-order valence-corrected chi connectivity index (χ0v) is 23.2. The van der Waals surface area contributed by atoms with Gasteiger partial charge in [-0.15, -0.1) is 0 Å². The molecule has 44 heavy (non-hydrogen) atoms. The summed E-state index contributed by atoms with van der Waals surface area (Å²) in [6, 6.07) is 11.2. The summed E-state index contributed by atoms with van der Waals surface area (Å²) < 4.78 is 81.5. The van der Waals surface area contributed by atoms with E-state index in [4.69, 9.17) is 20.3 Å². The summed E-state index contributed by atoms with van der Waals surface area (Å²) in [5.74, 6) is -2.16.